The zero-order valence-electron chi connectivity index (χ0n) is 9.40. The van der Waals surface area contributed by atoms with Crippen molar-refractivity contribution in [3.63, 3.8) is 0 Å². The van der Waals surface area contributed by atoms with Gasteiger partial charge in [0.25, 0.3) is 0 Å². The van der Waals surface area contributed by atoms with E-state index in [4.69, 9.17) is 17.3 Å². The highest BCUT2D eigenvalue weighted by molar-refractivity contribution is 5.81. The Morgan fingerprint density at radius 1 is 1.56 bits per heavy atom. The Morgan fingerprint density at radius 2 is 2.19 bits per heavy atom. The van der Waals surface area contributed by atoms with Crippen molar-refractivity contribution in [1.82, 2.24) is 5.32 Å². The smallest absolute Gasteiger partial charge is 0.303 e. The van der Waals surface area contributed by atoms with Crippen LogP contribution >= 0.6 is 0 Å². The minimum absolute atomic E-state index is 0.105. The summed E-state index contributed by atoms with van der Waals surface area (Å²) in [5, 5.41) is 11.1. The summed E-state index contributed by atoms with van der Waals surface area (Å²) in [7, 11) is 0. The Kier molecular flexibility index (Phi) is 6.97. The van der Waals surface area contributed by atoms with Crippen LogP contribution in [0.25, 0.3) is 0 Å². The molecule has 90 valence electrons. The molecule has 0 heterocycles. The lowest BCUT2D eigenvalue weighted by Gasteiger charge is -2.13. The van der Waals surface area contributed by atoms with E-state index in [1.54, 1.807) is 0 Å². The summed E-state index contributed by atoms with van der Waals surface area (Å²) in [4.78, 5) is 21.6. The second-order valence-corrected chi connectivity index (χ2v) is 3.80. The number of terminal acetylenes is 1. The van der Waals surface area contributed by atoms with Crippen molar-refractivity contribution in [1.29, 1.82) is 0 Å². The van der Waals surface area contributed by atoms with E-state index in [1.807, 2.05) is 6.92 Å². The molecule has 0 aliphatic heterocycles. The zero-order chi connectivity index (χ0) is 12.6. The van der Waals surface area contributed by atoms with Crippen LogP contribution in [0.4, 0.5) is 0 Å². The van der Waals surface area contributed by atoms with Gasteiger partial charge < -0.3 is 16.2 Å². The number of amides is 1. The summed E-state index contributed by atoms with van der Waals surface area (Å²) in [6, 6.07) is -0.684. The molecule has 0 bridgehead atoms. The molecule has 16 heavy (non-hydrogen) atoms. The van der Waals surface area contributed by atoms with Gasteiger partial charge in [0.1, 0.15) is 0 Å². The minimum atomic E-state index is -0.831. The van der Waals surface area contributed by atoms with Gasteiger partial charge in [-0.25, -0.2) is 0 Å². The summed E-state index contributed by atoms with van der Waals surface area (Å²) in [6.07, 6.45) is 5.87. The average molecular weight is 226 g/mol. The highest BCUT2D eigenvalue weighted by atomic mass is 16.4. The monoisotopic (exact) mass is 226 g/mol. The van der Waals surface area contributed by atoms with E-state index in [0.29, 0.717) is 13.0 Å². The number of aliphatic carboxylic acids is 1. The Labute approximate surface area is 95.4 Å². The molecule has 0 fully saturated rings. The Morgan fingerprint density at radius 3 is 2.69 bits per heavy atom. The van der Waals surface area contributed by atoms with Crippen molar-refractivity contribution in [3.8, 4) is 12.3 Å². The first kappa shape index (κ1) is 14.5. The van der Waals surface area contributed by atoms with Crippen LogP contribution in [0.1, 0.15) is 26.2 Å². The van der Waals surface area contributed by atoms with Crippen LogP contribution in [0, 0.1) is 18.3 Å². The van der Waals surface area contributed by atoms with Crippen LogP contribution < -0.4 is 11.1 Å². The molecule has 5 heteroatoms. The molecule has 2 atom stereocenters. The maximum absolute atomic E-state index is 11.3. The number of carboxylic acids is 1. The highest BCUT2D eigenvalue weighted by Crippen LogP contribution is 2.03. The average Bonchev–Trinajstić information content (AvgIpc) is 2.23. The molecule has 0 saturated carbocycles. The standard InChI is InChI=1S/C11H18N2O3/c1-3-4-9(12)11(16)13-7-8(2)5-6-10(14)15/h1,8-9H,4-7,12H2,2H3,(H,13,16)(H,14,15). The van der Waals surface area contributed by atoms with E-state index in [9.17, 15) is 9.59 Å². The summed E-state index contributed by atoms with van der Waals surface area (Å²) < 4.78 is 0. The zero-order valence-corrected chi connectivity index (χ0v) is 9.40. The molecular formula is C11H18N2O3. The van der Waals surface area contributed by atoms with E-state index < -0.39 is 12.0 Å². The number of carbonyl (C=O) groups is 2. The predicted molar refractivity (Wildman–Crippen MR) is 60.5 cm³/mol. The van der Waals surface area contributed by atoms with Crippen LogP contribution in [0.5, 0.6) is 0 Å². The minimum Gasteiger partial charge on any atom is -0.481 e. The Hall–Kier alpha value is -1.54. The summed E-state index contributed by atoms with van der Waals surface area (Å²) in [6.45, 7) is 2.29. The molecule has 5 nitrogen and oxygen atoms in total. The molecule has 0 aromatic carbocycles. The van der Waals surface area contributed by atoms with Gasteiger partial charge in [-0.05, 0) is 12.3 Å². The fourth-order valence-electron chi connectivity index (χ4n) is 1.10. The SMILES string of the molecule is C#CCC(N)C(=O)NCC(C)CCC(=O)O. The molecule has 0 rings (SSSR count). The maximum atomic E-state index is 11.3. The quantitative estimate of drug-likeness (QED) is 0.531. The lowest BCUT2D eigenvalue weighted by molar-refractivity contribution is -0.137. The summed E-state index contributed by atoms with van der Waals surface area (Å²) in [5.74, 6) is 1.30. The maximum Gasteiger partial charge on any atom is 0.303 e. The van der Waals surface area contributed by atoms with E-state index >= 15 is 0 Å². The number of rotatable bonds is 7. The molecule has 0 aromatic heterocycles. The molecule has 1 amide bonds. The molecule has 2 unspecified atom stereocenters. The molecule has 4 N–H and O–H groups in total. The lowest BCUT2D eigenvalue weighted by Crippen LogP contribution is -2.41. The Balaban J connectivity index is 3.75. The van der Waals surface area contributed by atoms with Gasteiger partial charge in [0.15, 0.2) is 0 Å². The van der Waals surface area contributed by atoms with Gasteiger partial charge in [0.05, 0.1) is 6.04 Å². The van der Waals surface area contributed by atoms with Crippen molar-refractivity contribution >= 4 is 11.9 Å². The molecular weight excluding hydrogens is 208 g/mol. The van der Waals surface area contributed by atoms with Gasteiger partial charge in [0.2, 0.25) is 5.91 Å². The molecule has 0 aromatic rings. The third kappa shape index (κ3) is 6.85. The second-order valence-electron chi connectivity index (χ2n) is 3.80. The van der Waals surface area contributed by atoms with Crippen molar-refractivity contribution in [3.05, 3.63) is 0 Å². The summed E-state index contributed by atoms with van der Waals surface area (Å²) >= 11 is 0. The van der Waals surface area contributed by atoms with Crippen LogP contribution in [-0.2, 0) is 9.59 Å². The van der Waals surface area contributed by atoms with Gasteiger partial charge >= 0.3 is 5.97 Å². The largest absolute Gasteiger partial charge is 0.481 e. The first-order valence-corrected chi connectivity index (χ1v) is 5.16. The molecule has 0 aliphatic carbocycles. The number of nitrogens with two attached hydrogens (primary N) is 1. The highest BCUT2D eigenvalue weighted by Gasteiger charge is 2.13. The number of nitrogens with one attached hydrogen (secondary N) is 1. The first-order chi connectivity index (χ1) is 7.47. The third-order valence-electron chi connectivity index (χ3n) is 2.15. The second kappa shape index (κ2) is 7.71. The fraction of sp³-hybridized carbons (Fsp3) is 0.636. The van der Waals surface area contributed by atoms with Crippen molar-refractivity contribution in [2.75, 3.05) is 6.54 Å². The number of hydrogen-bond acceptors (Lipinski definition) is 3. The predicted octanol–water partition coefficient (Wildman–Crippen LogP) is -0.0459. The van der Waals surface area contributed by atoms with Gasteiger partial charge in [-0.3, -0.25) is 9.59 Å². The number of hydrogen-bond donors (Lipinski definition) is 3. The van der Waals surface area contributed by atoms with Crippen molar-refractivity contribution in [2.45, 2.75) is 32.2 Å². The van der Waals surface area contributed by atoms with Crippen LogP contribution in [0.3, 0.4) is 0 Å². The molecule has 0 radical (unpaired) electrons. The van der Waals surface area contributed by atoms with Crippen molar-refractivity contribution < 1.29 is 14.7 Å². The normalized spacial score (nSPS) is 13.6. The van der Waals surface area contributed by atoms with Gasteiger partial charge in [0, 0.05) is 19.4 Å². The van der Waals surface area contributed by atoms with E-state index in [1.165, 1.54) is 0 Å². The lowest BCUT2D eigenvalue weighted by atomic mass is 10.1. The number of carbonyl (C=O) groups excluding carboxylic acids is 1. The number of carboxylic acid groups (broad SMARTS) is 1. The van der Waals surface area contributed by atoms with Crippen LogP contribution in [-0.4, -0.2) is 29.6 Å². The van der Waals surface area contributed by atoms with Gasteiger partial charge in [-0.2, -0.15) is 0 Å². The van der Waals surface area contributed by atoms with Gasteiger partial charge in [-0.1, -0.05) is 6.92 Å². The van der Waals surface area contributed by atoms with Crippen LogP contribution in [0.15, 0.2) is 0 Å². The Bertz CT molecular complexity index is 283. The molecule has 0 aliphatic rings. The van der Waals surface area contributed by atoms with E-state index in [2.05, 4.69) is 11.2 Å². The summed E-state index contributed by atoms with van der Waals surface area (Å²) in [5.41, 5.74) is 5.49. The van der Waals surface area contributed by atoms with Crippen molar-refractivity contribution in [2.24, 2.45) is 11.7 Å². The van der Waals surface area contributed by atoms with E-state index in [0.717, 1.165) is 0 Å². The van der Waals surface area contributed by atoms with Gasteiger partial charge in [-0.15, -0.1) is 12.3 Å². The third-order valence-corrected chi connectivity index (χ3v) is 2.15. The van der Waals surface area contributed by atoms with Crippen LogP contribution in [0.2, 0.25) is 0 Å². The molecule has 0 spiro atoms. The van der Waals surface area contributed by atoms with E-state index in [-0.39, 0.29) is 24.7 Å². The molecule has 0 saturated heterocycles. The fourth-order valence-corrected chi connectivity index (χ4v) is 1.10. The topological polar surface area (TPSA) is 92.4 Å². The first-order valence-electron chi connectivity index (χ1n) is 5.16.